The molecule has 25 heteroatoms. The number of rotatable bonds is 56. The zero-order valence-electron chi connectivity index (χ0n) is 59.2. The van der Waals surface area contributed by atoms with Gasteiger partial charge in [0.25, 0.3) is 0 Å². The first-order chi connectivity index (χ1) is 44.9. The van der Waals surface area contributed by atoms with Crippen molar-refractivity contribution >= 4 is 23.5 Å². The normalized spacial score (nSPS) is 27.1. The third-order valence-corrected chi connectivity index (χ3v) is 19.1. The molecule has 3 fully saturated rings. The summed E-state index contributed by atoms with van der Waals surface area (Å²) in [6.45, 7) is 33.2. The summed E-state index contributed by atoms with van der Waals surface area (Å²) in [5.41, 5.74) is 7.75. The predicted octanol–water partition coefficient (Wildman–Crippen LogP) is 8.65. The van der Waals surface area contributed by atoms with Gasteiger partial charge in [-0.1, -0.05) is 94.6 Å². The van der Waals surface area contributed by atoms with Gasteiger partial charge in [-0.25, -0.2) is 0 Å². The number of amides is 3. The van der Waals surface area contributed by atoms with Crippen LogP contribution in [0.25, 0.3) is 10.4 Å². The van der Waals surface area contributed by atoms with Gasteiger partial charge in [0.2, 0.25) is 17.7 Å². The largest absolute Gasteiger partial charge is 0.380 e. The molecule has 6 unspecified atom stereocenters. The van der Waals surface area contributed by atoms with E-state index in [4.69, 9.17) is 76.6 Å². The van der Waals surface area contributed by atoms with Gasteiger partial charge in [-0.05, 0) is 79.6 Å². The fourth-order valence-electron chi connectivity index (χ4n) is 12.1. The fraction of sp³-hybridized carbons (Fsp3) is 0.941. The predicted molar refractivity (Wildman–Crippen MR) is 352 cm³/mol. The van der Waals surface area contributed by atoms with Crippen LogP contribution in [-0.4, -0.2) is 226 Å². The molecule has 93 heavy (non-hydrogen) atoms. The minimum atomic E-state index is -0.940. The second-order valence-electron chi connectivity index (χ2n) is 25.8. The van der Waals surface area contributed by atoms with Gasteiger partial charge in [-0.2, -0.15) is 0 Å². The first kappa shape index (κ1) is 84.0. The second-order valence-corrected chi connectivity index (χ2v) is 25.8. The van der Waals surface area contributed by atoms with Crippen molar-refractivity contribution in [2.75, 3.05) is 165 Å². The number of ether oxygens (including phenoxy) is 15. The van der Waals surface area contributed by atoms with Crippen LogP contribution < -0.4 is 16.0 Å². The van der Waals surface area contributed by atoms with E-state index >= 15 is 0 Å². The molecule has 0 aromatic rings. The number of unbranched alkanes of at least 4 members (excludes halogenated alkanes) is 2. The molecule has 542 valence electrons. The number of carbonyl (C=O) groups is 4. The van der Waals surface area contributed by atoms with Crippen molar-refractivity contribution in [2.45, 2.75) is 191 Å². The summed E-state index contributed by atoms with van der Waals surface area (Å²) in [4.78, 5) is 55.3. The molecular formula is C68H126N6O19. The quantitative estimate of drug-likeness (QED) is 0.0222. The van der Waals surface area contributed by atoms with Crippen LogP contribution in [0.15, 0.2) is 5.11 Å². The third-order valence-electron chi connectivity index (χ3n) is 19.1. The van der Waals surface area contributed by atoms with Gasteiger partial charge in [0.15, 0.2) is 18.9 Å². The lowest BCUT2D eigenvalue weighted by atomic mass is 9.78. The smallest absolute Gasteiger partial charge is 0.246 e. The Labute approximate surface area is 557 Å². The maximum atomic E-state index is 13.8. The Bertz CT molecular complexity index is 1830. The van der Waals surface area contributed by atoms with E-state index in [2.05, 4.69) is 109 Å². The molecule has 3 amide bonds. The van der Waals surface area contributed by atoms with Crippen molar-refractivity contribution in [1.82, 2.24) is 16.0 Å². The maximum absolute atomic E-state index is 13.8. The highest BCUT2D eigenvalue weighted by Gasteiger charge is 2.41. The molecule has 3 N–H and O–H groups in total. The first-order valence-electron chi connectivity index (χ1n) is 35.3. The molecule has 3 heterocycles. The zero-order chi connectivity index (χ0) is 68.1. The van der Waals surface area contributed by atoms with E-state index in [0.717, 1.165) is 19.3 Å². The van der Waals surface area contributed by atoms with Gasteiger partial charge in [-0.3, -0.25) is 19.2 Å². The molecule has 0 aromatic carbocycles. The number of azide groups is 1. The van der Waals surface area contributed by atoms with Crippen molar-refractivity contribution in [3.8, 4) is 0 Å². The Morgan fingerprint density at radius 3 is 1.15 bits per heavy atom. The Balaban J connectivity index is 1.45. The lowest BCUT2D eigenvalue weighted by Gasteiger charge is -2.43. The average molecular weight is 1330 g/mol. The van der Waals surface area contributed by atoms with E-state index in [0.29, 0.717) is 185 Å². The van der Waals surface area contributed by atoms with Crippen LogP contribution in [0.3, 0.4) is 0 Å². The molecule has 15 atom stereocenters. The SMILES string of the molecule is CCC1O[C@H](OCCOCCOCCNC(=O)CCOCC(CCOCC(=O)NCCOCCOCCO[C@H]2OC(CC)[C@@H](C)[C@H](C)C2C)(COCCC(=O)NCCOCCOCCO[C@H]2OC(CC)[C@@H](C)[C@H](C)C2C)CC(=O)CCCCCN=[N+]=[N-])C(C)[C@@H](C)[C@@H]1C. The van der Waals surface area contributed by atoms with Crippen molar-refractivity contribution < 1.29 is 90.2 Å². The molecule has 0 saturated carbocycles. The molecule has 0 radical (unpaired) electrons. The first-order valence-corrected chi connectivity index (χ1v) is 35.3. The van der Waals surface area contributed by atoms with Crippen molar-refractivity contribution in [2.24, 2.45) is 63.8 Å². The Kier molecular flexibility index (Phi) is 46.1. The highest BCUT2D eigenvalue weighted by molar-refractivity contribution is 5.79. The number of ketones is 1. The molecule has 25 nitrogen and oxygen atoms in total. The molecule has 3 rings (SSSR count). The monoisotopic (exact) mass is 1330 g/mol. The lowest BCUT2D eigenvalue weighted by Crippen LogP contribution is -2.45. The van der Waals surface area contributed by atoms with E-state index in [1.165, 1.54) is 0 Å². The van der Waals surface area contributed by atoms with Crippen molar-refractivity contribution in [1.29, 1.82) is 0 Å². The van der Waals surface area contributed by atoms with Gasteiger partial charge >= 0.3 is 0 Å². The summed E-state index contributed by atoms with van der Waals surface area (Å²) in [7, 11) is 0. The zero-order valence-corrected chi connectivity index (χ0v) is 59.2. The van der Waals surface area contributed by atoms with Crippen LogP contribution in [0.2, 0.25) is 0 Å². The molecule has 3 aliphatic heterocycles. The molecule has 3 aliphatic rings. The van der Waals surface area contributed by atoms with Gasteiger partial charge in [0, 0.05) is 86.5 Å². The molecule has 0 aromatic heterocycles. The van der Waals surface area contributed by atoms with Gasteiger partial charge in [0.05, 0.1) is 144 Å². The van der Waals surface area contributed by atoms with E-state index in [1.807, 2.05) is 0 Å². The van der Waals surface area contributed by atoms with Crippen molar-refractivity contribution in [3.05, 3.63) is 10.4 Å². The van der Waals surface area contributed by atoms with Crippen molar-refractivity contribution in [3.63, 3.8) is 0 Å². The van der Waals surface area contributed by atoms with E-state index in [-0.39, 0.29) is 146 Å². The fourth-order valence-corrected chi connectivity index (χ4v) is 12.1. The van der Waals surface area contributed by atoms with Crippen LogP contribution in [0.5, 0.6) is 0 Å². The van der Waals surface area contributed by atoms with Gasteiger partial charge in [0.1, 0.15) is 12.4 Å². The number of nitrogens with zero attached hydrogens (tertiary/aromatic N) is 3. The lowest BCUT2D eigenvalue weighted by molar-refractivity contribution is -0.251. The standard InChI is InChI=1S/C68H126N6O19/c1-13-59-52(7)49(4)55(10)65(91-59)88-42-39-82-36-33-79-30-24-70-62(76)20-27-86-47-68(45-58(75)19-17-16-18-23-73-74-69,22-29-85-46-64(78)72-26-32-81-35-38-84-41-44-90-67-57(12)51(6)54(9)61(15-3)93-67)48-87-28-21-63(77)71-25-31-80-34-37-83-40-43-89-66-56(11)50(5)53(8)60(14-2)92-66/h49-57,59-61,65-67H,13-48H2,1-12H3,(H,70,76)(H,71,77)(H,72,78)/t49-,50-,51-,52-,53-,54-,55?,56?,57?,59?,60?,61?,65-,66-,67-,68?/m0/s1. The summed E-state index contributed by atoms with van der Waals surface area (Å²) in [6.07, 6.45) is 5.31. The van der Waals surface area contributed by atoms with Crippen LogP contribution in [0.1, 0.15) is 154 Å². The molecule has 0 aliphatic carbocycles. The van der Waals surface area contributed by atoms with Crippen LogP contribution in [0.4, 0.5) is 0 Å². The van der Waals surface area contributed by atoms with Crippen LogP contribution in [0, 0.1) is 58.7 Å². The number of carbonyl (C=O) groups excluding carboxylic acids is 4. The Morgan fingerprint density at radius 1 is 0.409 bits per heavy atom. The maximum Gasteiger partial charge on any atom is 0.246 e. The topological polar surface area (TPSA) is 292 Å². The third kappa shape index (κ3) is 34.7. The van der Waals surface area contributed by atoms with E-state index in [1.54, 1.807) is 0 Å². The summed E-state index contributed by atoms with van der Waals surface area (Å²) < 4.78 is 89.2. The van der Waals surface area contributed by atoms with Gasteiger partial charge in [-0.15, -0.1) is 0 Å². The van der Waals surface area contributed by atoms with E-state index in [9.17, 15) is 19.2 Å². The number of hydrogen-bond acceptors (Lipinski definition) is 20. The van der Waals surface area contributed by atoms with Gasteiger partial charge < -0.3 is 87.0 Å². The second kappa shape index (κ2) is 51.0. The minimum Gasteiger partial charge on any atom is -0.380 e. The molecular weight excluding hydrogens is 1200 g/mol. The summed E-state index contributed by atoms with van der Waals surface area (Å²) in [6, 6.07) is 0. The Hall–Kier alpha value is -3.21. The average Bonchev–Trinajstić information content (AvgIpc) is 1.03. The summed E-state index contributed by atoms with van der Waals surface area (Å²) in [5, 5.41) is 12.1. The summed E-state index contributed by atoms with van der Waals surface area (Å²) in [5.74, 6) is 2.99. The molecule has 0 spiro atoms. The number of nitrogens with one attached hydrogen (secondary N) is 3. The Morgan fingerprint density at radius 2 is 0.774 bits per heavy atom. The minimum absolute atomic E-state index is 0.0313. The highest BCUT2D eigenvalue weighted by atomic mass is 16.7. The molecule has 3 saturated heterocycles. The van der Waals surface area contributed by atoms with Crippen LogP contribution in [-0.2, 0) is 90.2 Å². The van der Waals surface area contributed by atoms with Crippen LogP contribution >= 0.6 is 0 Å². The number of Topliss-reactive ketones (excluding diaryl/α,β-unsaturated/α-hetero) is 1. The summed E-state index contributed by atoms with van der Waals surface area (Å²) >= 11 is 0. The molecule has 0 bridgehead atoms. The van der Waals surface area contributed by atoms with E-state index < -0.39 is 5.41 Å². The highest BCUT2D eigenvalue weighted by Crippen LogP contribution is 2.39. The number of hydrogen-bond donors (Lipinski definition) is 3.